The average molecular weight is 1530 g/mol. The van der Waals surface area contributed by atoms with Crippen molar-refractivity contribution in [3.63, 3.8) is 0 Å². The van der Waals surface area contributed by atoms with E-state index in [1.54, 1.807) is 36.4 Å². The van der Waals surface area contributed by atoms with Crippen molar-refractivity contribution < 1.29 is 41.0 Å². The second-order valence-electron chi connectivity index (χ2n) is 29.0. The molecule has 6 aromatic carbocycles. The van der Waals surface area contributed by atoms with Crippen molar-refractivity contribution in [3.05, 3.63) is 237 Å². The number of benzene rings is 6. The van der Waals surface area contributed by atoms with Crippen molar-refractivity contribution in [3.8, 4) is 17.2 Å². The zero-order valence-corrected chi connectivity index (χ0v) is 64.9. The topological polar surface area (TPSA) is 160 Å². The molecule has 0 aliphatic carbocycles. The van der Waals surface area contributed by atoms with E-state index >= 15 is 0 Å². The minimum atomic E-state index is -0.272. The number of pyridine rings is 2. The van der Waals surface area contributed by atoms with Gasteiger partial charge in [-0.15, -0.1) is 37.2 Å². The maximum atomic E-state index is 13.2. The number of ether oxygens (including phenoxy) is 3. The van der Waals surface area contributed by atoms with Crippen LogP contribution in [0.15, 0.2) is 172 Å². The standard InChI is InChI=1S/2C30H35FN4O2.C24H30FN3O2.3ClH/c2*1-34(2)20-28-23(21-36-26-10-8-24(31)9-11-26)7-12-27-29(33-37-30(27)28)13-6-22-14-17-35(18-15-22)19-25-5-3-4-16-32-25;1-28(2)15-22-18(16-29-20-7-5-19(25)6-8-20)4-9-21-23(27-30-24(21)22)10-3-17-11-13-26-14-12-17;;;/h2*3-5,7-12,16,22H,6,13-15,17-21H2,1-2H3;4-9,17,26H,3,10-16H2,1-2H3;3*1H. The van der Waals surface area contributed by atoms with Crippen molar-refractivity contribution in [1.29, 1.82) is 0 Å². The summed E-state index contributed by atoms with van der Waals surface area (Å²) in [5, 5.41) is 20.1. The van der Waals surface area contributed by atoms with Gasteiger partial charge in [0.2, 0.25) is 0 Å². The highest BCUT2D eigenvalue weighted by atomic mass is 35.5. The first-order valence-corrected chi connectivity index (χ1v) is 36.9. The van der Waals surface area contributed by atoms with Crippen molar-refractivity contribution in [2.45, 2.75) is 130 Å². The van der Waals surface area contributed by atoms with Gasteiger partial charge in [-0.1, -0.05) is 45.8 Å². The lowest BCUT2D eigenvalue weighted by atomic mass is 9.91. The van der Waals surface area contributed by atoms with Crippen LogP contribution in [0.5, 0.6) is 17.2 Å². The normalized spacial score (nSPS) is 14.7. The van der Waals surface area contributed by atoms with Gasteiger partial charge in [0.1, 0.15) is 54.5 Å². The van der Waals surface area contributed by atoms with Crippen molar-refractivity contribution >= 4 is 70.1 Å². The predicted molar refractivity (Wildman–Crippen MR) is 423 cm³/mol. The quantitative estimate of drug-likeness (QED) is 0.0493. The molecule has 5 aromatic heterocycles. The molecule has 3 aliphatic heterocycles. The summed E-state index contributed by atoms with van der Waals surface area (Å²) in [4.78, 5) is 20.3. The van der Waals surface area contributed by atoms with Crippen LogP contribution in [0.25, 0.3) is 32.9 Å². The SMILES string of the molecule is CN(C)Cc1c(COc2ccc(F)cc2)ccc2c(CCC3CCN(Cc4ccccn4)CC3)noc12.CN(C)Cc1c(COc2ccc(F)cc2)ccc2c(CCC3CCN(Cc4ccccn4)CC3)noc12.CN(C)Cc1c(COc2ccc(F)cc2)ccc2c(CCC3CCNCC3)noc12.Cl.Cl.Cl. The summed E-state index contributed by atoms with van der Waals surface area (Å²) < 4.78 is 75.0. The van der Waals surface area contributed by atoms with E-state index in [1.807, 2.05) is 66.8 Å². The Morgan fingerprint density at radius 3 is 1.00 bits per heavy atom. The third-order valence-electron chi connectivity index (χ3n) is 20.3. The molecule has 0 unspecified atom stereocenters. The fourth-order valence-electron chi connectivity index (χ4n) is 14.4. The molecule has 3 saturated heterocycles. The third-order valence-corrected chi connectivity index (χ3v) is 20.3. The molecule has 3 aliphatic rings. The van der Waals surface area contributed by atoms with E-state index in [2.05, 4.69) is 116 Å². The van der Waals surface area contributed by atoms with Gasteiger partial charge in [0.15, 0.2) is 16.7 Å². The first kappa shape index (κ1) is 82.9. The summed E-state index contributed by atoms with van der Waals surface area (Å²) in [7, 11) is 12.2. The van der Waals surface area contributed by atoms with Crippen LogP contribution in [0, 0.1) is 35.2 Å². The van der Waals surface area contributed by atoms with Crippen LogP contribution >= 0.6 is 37.2 Å². The number of likely N-dealkylation sites (tertiary alicyclic amines) is 2. The van der Waals surface area contributed by atoms with E-state index in [1.165, 1.54) is 74.9 Å². The second kappa shape index (κ2) is 41.4. The molecule has 1 N–H and O–H groups in total. The fraction of sp³-hybridized carbons (Fsp3) is 0.417. The van der Waals surface area contributed by atoms with Gasteiger partial charge < -0.3 is 47.8 Å². The van der Waals surface area contributed by atoms with E-state index in [0.29, 0.717) is 48.9 Å². The van der Waals surface area contributed by atoms with E-state index < -0.39 is 0 Å². The van der Waals surface area contributed by atoms with E-state index in [4.69, 9.17) is 27.8 Å². The molecule has 14 rings (SSSR count). The Kier molecular flexibility index (Phi) is 32.1. The minimum absolute atomic E-state index is 0. The number of aryl methyl sites for hydroxylation is 3. The first-order chi connectivity index (χ1) is 50.7. The highest BCUT2D eigenvalue weighted by Crippen LogP contribution is 2.35. The maximum Gasteiger partial charge on any atom is 0.172 e. The van der Waals surface area contributed by atoms with Gasteiger partial charge in [-0.25, -0.2) is 13.2 Å². The summed E-state index contributed by atoms with van der Waals surface area (Å²) in [5.41, 5.74) is 14.4. The molecule has 0 bridgehead atoms. The molecular formula is C84H103Cl3F3N11O6. The van der Waals surface area contributed by atoms with Crippen molar-refractivity contribution in [2.75, 3.05) is 81.6 Å². The van der Waals surface area contributed by atoms with Crippen LogP contribution in [0.1, 0.15) is 120 Å². The molecule has 17 nitrogen and oxygen atoms in total. The van der Waals surface area contributed by atoms with Gasteiger partial charge in [-0.2, -0.15) is 0 Å². The van der Waals surface area contributed by atoms with Gasteiger partial charge in [-0.05, 0) is 308 Å². The third kappa shape index (κ3) is 23.9. The lowest BCUT2D eigenvalue weighted by molar-refractivity contribution is 0.170. The molecule has 0 atom stereocenters. The molecular weight excluding hydrogens is 1420 g/mol. The number of hydrogen-bond acceptors (Lipinski definition) is 17. The number of hydrogen-bond donors (Lipinski definition) is 1. The Hall–Kier alpha value is -8.15. The zero-order valence-electron chi connectivity index (χ0n) is 62.4. The predicted octanol–water partition coefficient (Wildman–Crippen LogP) is 17.5. The van der Waals surface area contributed by atoms with E-state index in [9.17, 15) is 13.2 Å². The van der Waals surface area contributed by atoms with Crippen LogP contribution < -0.4 is 19.5 Å². The molecule has 572 valence electrons. The number of fused-ring (bicyclic) bond motifs is 3. The van der Waals surface area contributed by atoms with Gasteiger partial charge in [-0.3, -0.25) is 19.8 Å². The molecule has 107 heavy (non-hydrogen) atoms. The van der Waals surface area contributed by atoms with Crippen LogP contribution in [0.2, 0.25) is 0 Å². The van der Waals surface area contributed by atoms with E-state index in [0.717, 1.165) is 211 Å². The lowest BCUT2D eigenvalue weighted by Crippen LogP contribution is -2.33. The van der Waals surface area contributed by atoms with Crippen LogP contribution in [-0.4, -0.2) is 131 Å². The van der Waals surface area contributed by atoms with Gasteiger partial charge in [0.05, 0.1) is 28.5 Å². The minimum Gasteiger partial charge on any atom is -0.489 e. The van der Waals surface area contributed by atoms with Gasteiger partial charge in [0.25, 0.3) is 0 Å². The summed E-state index contributed by atoms with van der Waals surface area (Å²) in [6.07, 6.45) is 17.2. The summed E-state index contributed by atoms with van der Waals surface area (Å²) in [5.74, 6) is 3.29. The highest BCUT2D eigenvalue weighted by molar-refractivity contribution is 5.86. The Bertz CT molecular complexity index is 4240. The number of aromatic nitrogens is 5. The highest BCUT2D eigenvalue weighted by Gasteiger charge is 2.26. The smallest absolute Gasteiger partial charge is 0.172 e. The number of nitrogens with one attached hydrogen (secondary N) is 1. The largest absolute Gasteiger partial charge is 0.489 e. The van der Waals surface area contributed by atoms with Crippen LogP contribution in [0.3, 0.4) is 0 Å². The number of halogens is 6. The number of nitrogens with zero attached hydrogens (tertiary/aromatic N) is 10. The Labute approximate surface area is 646 Å². The number of piperidine rings is 3. The van der Waals surface area contributed by atoms with Crippen LogP contribution in [-0.2, 0) is 71.8 Å². The molecule has 11 aromatic rings. The molecule has 23 heteroatoms. The summed E-state index contributed by atoms with van der Waals surface area (Å²) >= 11 is 0. The van der Waals surface area contributed by atoms with Gasteiger partial charge in [0, 0.05) is 78.0 Å². The van der Waals surface area contributed by atoms with Crippen LogP contribution in [0.4, 0.5) is 13.2 Å². The Balaban J connectivity index is 0.000000184. The second-order valence-corrected chi connectivity index (χ2v) is 29.0. The Morgan fingerprint density at radius 2 is 0.710 bits per heavy atom. The average Bonchev–Trinajstić information content (AvgIpc) is 1.68. The molecule has 0 amide bonds. The molecule has 8 heterocycles. The molecule has 0 saturated carbocycles. The monoisotopic (exact) mass is 1520 g/mol. The summed E-state index contributed by atoms with van der Waals surface area (Å²) in [6.45, 7) is 11.9. The first-order valence-electron chi connectivity index (χ1n) is 36.9. The summed E-state index contributed by atoms with van der Waals surface area (Å²) in [6, 6.07) is 43.2. The molecule has 3 fully saturated rings. The Morgan fingerprint density at radius 1 is 0.402 bits per heavy atom. The fourth-order valence-corrected chi connectivity index (χ4v) is 14.4. The molecule has 0 radical (unpaired) electrons. The number of rotatable bonds is 28. The lowest BCUT2D eigenvalue weighted by Gasteiger charge is -2.31. The van der Waals surface area contributed by atoms with E-state index in [-0.39, 0.29) is 54.7 Å². The van der Waals surface area contributed by atoms with Crippen molar-refractivity contribution in [2.24, 2.45) is 17.8 Å². The van der Waals surface area contributed by atoms with Crippen molar-refractivity contribution in [1.82, 2.24) is 55.3 Å². The maximum absolute atomic E-state index is 13.2. The zero-order chi connectivity index (χ0) is 72.2. The van der Waals surface area contributed by atoms with Gasteiger partial charge >= 0.3 is 0 Å². The molecule has 0 spiro atoms.